The van der Waals surface area contributed by atoms with Gasteiger partial charge in [0.2, 0.25) is 11.7 Å². The fourth-order valence-corrected chi connectivity index (χ4v) is 4.46. The van der Waals surface area contributed by atoms with Gasteiger partial charge in [0.15, 0.2) is 0 Å². The van der Waals surface area contributed by atoms with Gasteiger partial charge in [-0.25, -0.2) is 9.59 Å². The van der Waals surface area contributed by atoms with Crippen molar-refractivity contribution in [2.24, 2.45) is 0 Å². The second-order valence-corrected chi connectivity index (χ2v) is 8.98. The van der Waals surface area contributed by atoms with E-state index in [1.807, 2.05) is 42.5 Å². The highest BCUT2D eigenvalue weighted by Gasteiger charge is 2.43. The Hall–Kier alpha value is -4.21. The fourth-order valence-electron chi connectivity index (χ4n) is 4.46. The number of likely N-dealkylation sites (tertiary alicyclic amines) is 1. The summed E-state index contributed by atoms with van der Waals surface area (Å²) in [5, 5.41) is 12.0. The van der Waals surface area contributed by atoms with Gasteiger partial charge in [0.1, 0.15) is 5.54 Å². The van der Waals surface area contributed by atoms with E-state index in [-0.39, 0.29) is 11.9 Å². The summed E-state index contributed by atoms with van der Waals surface area (Å²) in [7, 11) is 0. The zero-order valence-corrected chi connectivity index (χ0v) is 19.3. The van der Waals surface area contributed by atoms with Crippen LogP contribution in [0.2, 0.25) is 0 Å². The van der Waals surface area contributed by atoms with Crippen LogP contribution in [0.1, 0.15) is 42.7 Å². The topological polar surface area (TPSA) is 129 Å². The second-order valence-electron chi connectivity index (χ2n) is 8.98. The molecule has 3 aromatic rings. The molecule has 2 aromatic carbocycles. The van der Waals surface area contributed by atoms with E-state index in [1.165, 1.54) is 0 Å². The highest BCUT2D eigenvalue weighted by Crippen LogP contribution is 2.29. The number of hydrogen-bond acceptors (Lipinski definition) is 6. The van der Waals surface area contributed by atoms with Crippen LogP contribution in [-0.2, 0) is 16.9 Å². The van der Waals surface area contributed by atoms with E-state index in [0.717, 1.165) is 24.0 Å². The van der Waals surface area contributed by atoms with E-state index < -0.39 is 17.5 Å². The van der Waals surface area contributed by atoms with E-state index in [2.05, 4.69) is 26.1 Å². The summed E-state index contributed by atoms with van der Waals surface area (Å²) in [6.07, 6.45) is 1.49. The number of carbonyl (C=O) groups is 3. The first-order valence-electron chi connectivity index (χ1n) is 11.6. The van der Waals surface area contributed by atoms with Crippen molar-refractivity contribution in [2.45, 2.75) is 37.8 Å². The van der Waals surface area contributed by atoms with E-state index in [1.54, 1.807) is 24.0 Å². The normalized spacial score (nSPS) is 20.4. The molecular weight excluding hydrogens is 448 g/mol. The Labute approximate surface area is 202 Å². The van der Waals surface area contributed by atoms with Crippen LogP contribution in [0.3, 0.4) is 0 Å². The van der Waals surface area contributed by atoms with E-state index in [9.17, 15) is 14.4 Å². The molecule has 3 heterocycles. The Balaban J connectivity index is 1.15. The summed E-state index contributed by atoms with van der Waals surface area (Å²) in [5.74, 6) is 0.904. The lowest BCUT2D eigenvalue weighted by Gasteiger charge is -2.30. The number of aromatic nitrogens is 2. The molecule has 5 rings (SSSR count). The maximum Gasteiger partial charge on any atom is 0.322 e. The summed E-state index contributed by atoms with van der Waals surface area (Å²) in [5.41, 5.74) is 1.27. The number of nitrogens with one attached hydrogen (secondary N) is 3. The zero-order chi connectivity index (χ0) is 24.4. The smallest absolute Gasteiger partial charge is 0.322 e. The van der Waals surface area contributed by atoms with Crippen LogP contribution < -0.4 is 16.0 Å². The van der Waals surface area contributed by atoms with Crippen molar-refractivity contribution in [2.75, 3.05) is 13.1 Å². The molecule has 2 aliphatic rings. The summed E-state index contributed by atoms with van der Waals surface area (Å²) < 4.78 is 5.50. The molecular formula is C25H26N6O4. The molecule has 2 saturated heterocycles. The summed E-state index contributed by atoms with van der Waals surface area (Å²) in [4.78, 5) is 42.9. The molecule has 0 aliphatic carbocycles. The van der Waals surface area contributed by atoms with E-state index in [4.69, 9.17) is 4.52 Å². The lowest BCUT2D eigenvalue weighted by molar-refractivity contribution is -0.123. The molecule has 3 N–H and O–H groups in total. The van der Waals surface area contributed by atoms with Crippen LogP contribution in [0.15, 0.2) is 59.1 Å². The number of carbonyl (C=O) groups excluding carboxylic acids is 3. The van der Waals surface area contributed by atoms with Gasteiger partial charge in [-0.15, -0.1) is 0 Å². The average molecular weight is 475 g/mol. The maximum atomic E-state index is 12.7. The number of urea groups is 2. The van der Waals surface area contributed by atoms with Gasteiger partial charge in [-0.1, -0.05) is 59.8 Å². The van der Waals surface area contributed by atoms with Gasteiger partial charge in [0.05, 0.1) is 0 Å². The van der Waals surface area contributed by atoms with Crippen molar-refractivity contribution >= 4 is 18.0 Å². The third-order valence-corrected chi connectivity index (χ3v) is 6.60. The highest BCUT2D eigenvalue weighted by molar-refractivity contribution is 6.07. The Morgan fingerprint density at radius 2 is 1.91 bits per heavy atom. The number of imide groups is 1. The number of amides is 5. The van der Waals surface area contributed by atoms with Crippen molar-refractivity contribution in [1.82, 2.24) is 31.0 Å². The number of rotatable bonds is 5. The molecule has 1 unspecified atom stereocenters. The standard InChI is InChI=1S/C25H26N6O4/c1-25(22(32)28-23(33)29-25)19-9-5-6-16(14-19)15-26-24(34)31-12-10-18(11-13-31)21-27-20(30-35-21)17-7-3-2-4-8-17/h2-9,14,18H,10-13,15H2,1H3,(H,26,34)(H2,28,29,32,33). The van der Waals surface area contributed by atoms with Crippen molar-refractivity contribution < 1.29 is 18.9 Å². The van der Waals surface area contributed by atoms with Crippen molar-refractivity contribution in [1.29, 1.82) is 0 Å². The lowest BCUT2D eigenvalue weighted by atomic mass is 9.91. The largest absolute Gasteiger partial charge is 0.339 e. The van der Waals surface area contributed by atoms with E-state index >= 15 is 0 Å². The fraction of sp³-hybridized carbons (Fsp3) is 0.320. The molecule has 2 fully saturated rings. The monoisotopic (exact) mass is 474 g/mol. The van der Waals surface area contributed by atoms with Gasteiger partial charge < -0.3 is 20.1 Å². The van der Waals surface area contributed by atoms with Crippen LogP contribution >= 0.6 is 0 Å². The Bertz CT molecular complexity index is 1250. The number of hydrogen-bond donors (Lipinski definition) is 3. The first-order valence-corrected chi connectivity index (χ1v) is 11.6. The summed E-state index contributed by atoms with van der Waals surface area (Å²) in [6.45, 7) is 3.14. The molecule has 2 aliphatic heterocycles. The molecule has 5 amide bonds. The molecule has 35 heavy (non-hydrogen) atoms. The van der Waals surface area contributed by atoms with Gasteiger partial charge in [-0.3, -0.25) is 10.1 Å². The third-order valence-electron chi connectivity index (χ3n) is 6.60. The minimum Gasteiger partial charge on any atom is -0.339 e. The minimum absolute atomic E-state index is 0.120. The van der Waals surface area contributed by atoms with E-state index in [0.29, 0.717) is 36.9 Å². The van der Waals surface area contributed by atoms with Crippen molar-refractivity contribution in [3.8, 4) is 11.4 Å². The number of nitrogens with zero attached hydrogens (tertiary/aromatic N) is 3. The summed E-state index contributed by atoms with van der Waals surface area (Å²) in [6, 6.07) is 16.3. The predicted molar refractivity (Wildman–Crippen MR) is 126 cm³/mol. The molecule has 0 radical (unpaired) electrons. The van der Waals surface area contributed by atoms with Crippen LogP contribution in [0, 0.1) is 0 Å². The van der Waals surface area contributed by atoms with Crippen LogP contribution in [0.25, 0.3) is 11.4 Å². The SMILES string of the molecule is CC1(c2cccc(CNC(=O)N3CCC(c4nc(-c5ccccc5)no4)CC3)c2)NC(=O)NC1=O. The van der Waals surface area contributed by atoms with Crippen molar-refractivity contribution in [3.05, 3.63) is 71.6 Å². The average Bonchev–Trinajstić information content (AvgIpc) is 3.48. The van der Waals surface area contributed by atoms with Gasteiger partial charge in [-0.2, -0.15) is 4.98 Å². The highest BCUT2D eigenvalue weighted by atomic mass is 16.5. The lowest BCUT2D eigenvalue weighted by Crippen LogP contribution is -2.44. The van der Waals surface area contributed by atoms with Crippen LogP contribution in [-0.4, -0.2) is 46.1 Å². The molecule has 1 atom stereocenters. The predicted octanol–water partition coefficient (Wildman–Crippen LogP) is 2.88. The molecule has 180 valence electrons. The summed E-state index contributed by atoms with van der Waals surface area (Å²) >= 11 is 0. The minimum atomic E-state index is -1.13. The first kappa shape index (κ1) is 22.6. The Morgan fingerprint density at radius 3 is 2.63 bits per heavy atom. The molecule has 0 spiro atoms. The molecule has 1 aromatic heterocycles. The van der Waals surface area contributed by atoms with Gasteiger partial charge >= 0.3 is 12.1 Å². The first-order chi connectivity index (χ1) is 16.9. The van der Waals surface area contributed by atoms with Gasteiger partial charge in [-0.05, 0) is 30.9 Å². The van der Waals surface area contributed by atoms with Gasteiger partial charge in [0.25, 0.3) is 5.91 Å². The quantitative estimate of drug-likeness (QED) is 0.488. The zero-order valence-electron chi connectivity index (χ0n) is 19.3. The van der Waals surface area contributed by atoms with Gasteiger partial charge in [0, 0.05) is 31.1 Å². The second kappa shape index (κ2) is 9.21. The Kier molecular flexibility index (Phi) is 5.94. The van der Waals surface area contributed by atoms with Crippen LogP contribution in [0.4, 0.5) is 9.59 Å². The van der Waals surface area contributed by atoms with Crippen LogP contribution in [0.5, 0.6) is 0 Å². The van der Waals surface area contributed by atoms with Crippen molar-refractivity contribution in [3.63, 3.8) is 0 Å². The third kappa shape index (κ3) is 4.59. The maximum absolute atomic E-state index is 12.7. The molecule has 0 saturated carbocycles. The molecule has 0 bridgehead atoms. The number of benzene rings is 2. The molecule has 10 heteroatoms. The Morgan fingerprint density at radius 1 is 1.14 bits per heavy atom. The number of piperidine rings is 1. The molecule has 10 nitrogen and oxygen atoms in total.